The summed E-state index contributed by atoms with van der Waals surface area (Å²) in [6.45, 7) is 4.09. The first-order valence-corrected chi connectivity index (χ1v) is 7.19. The minimum Gasteiger partial charge on any atom is -0.426 e. The highest BCUT2D eigenvalue weighted by atomic mass is 16.7. The average molecular weight is 284 g/mol. The van der Waals surface area contributed by atoms with Crippen molar-refractivity contribution in [2.75, 3.05) is 0 Å². The van der Waals surface area contributed by atoms with Gasteiger partial charge >= 0.3 is 6.16 Å². The zero-order chi connectivity index (χ0) is 15.1. The van der Waals surface area contributed by atoms with E-state index in [1.165, 1.54) is 5.56 Å². The summed E-state index contributed by atoms with van der Waals surface area (Å²) in [6.07, 6.45) is 0.761. The van der Waals surface area contributed by atoms with Crippen LogP contribution < -0.4 is 4.74 Å². The van der Waals surface area contributed by atoms with Crippen LogP contribution in [0.25, 0.3) is 0 Å². The van der Waals surface area contributed by atoms with Crippen LogP contribution in [0.2, 0.25) is 0 Å². The van der Waals surface area contributed by atoms with Crippen LogP contribution in [-0.2, 0) is 4.74 Å². The number of ether oxygens (including phenoxy) is 2. The Kier molecular flexibility index (Phi) is 5.38. The Labute approximate surface area is 125 Å². The molecule has 1 atom stereocenters. The topological polar surface area (TPSA) is 35.5 Å². The van der Waals surface area contributed by atoms with Crippen molar-refractivity contribution in [3.05, 3.63) is 65.7 Å². The lowest BCUT2D eigenvalue weighted by molar-refractivity contribution is 0.0537. The van der Waals surface area contributed by atoms with Crippen molar-refractivity contribution in [3.8, 4) is 5.75 Å². The first-order chi connectivity index (χ1) is 10.2. The zero-order valence-electron chi connectivity index (χ0n) is 12.4. The fourth-order valence-corrected chi connectivity index (χ4v) is 2.06. The molecule has 0 bridgehead atoms. The molecule has 0 aromatic heterocycles. The summed E-state index contributed by atoms with van der Waals surface area (Å²) in [5, 5.41) is 0. The molecule has 0 heterocycles. The summed E-state index contributed by atoms with van der Waals surface area (Å²) in [4.78, 5) is 11.9. The lowest BCUT2D eigenvalue weighted by atomic mass is 10.0. The molecule has 2 aromatic carbocycles. The van der Waals surface area contributed by atoms with Crippen LogP contribution in [0, 0.1) is 6.92 Å². The van der Waals surface area contributed by atoms with Crippen LogP contribution >= 0.6 is 0 Å². The second-order valence-corrected chi connectivity index (χ2v) is 4.97. The number of hydrogen-bond acceptors (Lipinski definition) is 3. The Morgan fingerprint density at radius 2 is 1.71 bits per heavy atom. The smallest absolute Gasteiger partial charge is 0.426 e. The van der Waals surface area contributed by atoms with E-state index in [9.17, 15) is 4.79 Å². The van der Waals surface area contributed by atoms with Crippen LogP contribution in [0.5, 0.6) is 5.75 Å². The molecule has 0 spiro atoms. The SMILES string of the molecule is CCCC(OC(=O)Oc1ccccc1)c1ccc(C)cc1. The normalized spacial score (nSPS) is 11.7. The van der Waals surface area contributed by atoms with Crippen molar-refractivity contribution in [1.29, 1.82) is 0 Å². The van der Waals surface area contributed by atoms with E-state index in [2.05, 4.69) is 6.92 Å². The van der Waals surface area contributed by atoms with Crippen LogP contribution in [-0.4, -0.2) is 6.16 Å². The first-order valence-electron chi connectivity index (χ1n) is 7.19. The van der Waals surface area contributed by atoms with Crippen molar-refractivity contribution in [2.45, 2.75) is 32.8 Å². The summed E-state index contributed by atoms with van der Waals surface area (Å²) >= 11 is 0. The molecule has 110 valence electrons. The molecule has 0 radical (unpaired) electrons. The van der Waals surface area contributed by atoms with Gasteiger partial charge < -0.3 is 9.47 Å². The van der Waals surface area contributed by atoms with Crippen molar-refractivity contribution in [2.24, 2.45) is 0 Å². The van der Waals surface area contributed by atoms with Crippen molar-refractivity contribution >= 4 is 6.16 Å². The van der Waals surface area contributed by atoms with E-state index < -0.39 is 6.16 Å². The molecular weight excluding hydrogens is 264 g/mol. The van der Waals surface area contributed by atoms with Gasteiger partial charge in [0.25, 0.3) is 0 Å². The summed E-state index contributed by atoms with van der Waals surface area (Å²) < 4.78 is 10.6. The Balaban J connectivity index is 2.02. The lowest BCUT2D eigenvalue weighted by Crippen LogP contribution is -2.15. The van der Waals surface area contributed by atoms with Gasteiger partial charge in [-0.15, -0.1) is 0 Å². The van der Waals surface area contributed by atoms with Gasteiger partial charge in [-0.25, -0.2) is 4.79 Å². The molecule has 2 rings (SSSR count). The molecular formula is C18H20O3. The summed E-state index contributed by atoms with van der Waals surface area (Å²) in [6, 6.07) is 17.0. The van der Waals surface area contributed by atoms with Gasteiger partial charge in [-0.1, -0.05) is 61.4 Å². The first kappa shape index (κ1) is 15.1. The second-order valence-electron chi connectivity index (χ2n) is 4.97. The Hall–Kier alpha value is -2.29. The van der Waals surface area contributed by atoms with Gasteiger partial charge in [-0.05, 0) is 31.0 Å². The van der Waals surface area contributed by atoms with Gasteiger partial charge in [0.15, 0.2) is 0 Å². The maximum Gasteiger partial charge on any atom is 0.514 e. The second kappa shape index (κ2) is 7.48. The molecule has 0 aliphatic carbocycles. The standard InChI is InChI=1S/C18H20O3/c1-3-7-17(15-12-10-14(2)11-13-15)21-18(19)20-16-8-5-4-6-9-16/h4-6,8-13,17H,3,7H2,1-2H3. The molecule has 0 saturated carbocycles. The Bertz CT molecular complexity index is 561. The predicted molar refractivity (Wildman–Crippen MR) is 82.4 cm³/mol. The number of para-hydroxylation sites is 1. The molecule has 3 nitrogen and oxygen atoms in total. The molecule has 0 N–H and O–H groups in total. The molecule has 0 aliphatic heterocycles. The quantitative estimate of drug-likeness (QED) is 0.569. The van der Waals surface area contributed by atoms with Gasteiger partial charge in [0, 0.05) is 0 Å². The van der Waals surface area contributed by atoms with Crippen LogP contribution in [0.4, 0.5) is 4.79 Å². The monoisotopic (exact) mass is 284 g/mol. The van der Waals surface area contributed by atoms with Gasteiger partial charge in [0.05, 0.1) is 0 Å². The Morgan fingerprint density at radius 3 is 2.33 bits per heavy atom. The minimum atomic E-state index is -0.666. The average Bonchev–Trinajstić information content (AvgIpc) is 2.48. The molecule has 0 fully saturated rings. The highest BCUT2D eigenvalue weighted by Gasteiger charge is 2.17. The van der Waals surface area contributed by atoms with Crippen LogP contribution in [0.3, 0.4) is 0 Å². The van der Waals surface area contributed by atoms with Gasteiger partial charge in [-0.3, -0.25) is 0 Å². The van der Waals surface area contributed by atoms with Gasteiger partial charge in [0.1, 0.15) is 11.9 Å². The third kappa shape index (κ3) is 4.63. The van der Waals surface area contributed by atoms with Crippen LogP contribution in [0.1, 0.15) is 37.0 Å². The molecule has 0 saturated heterocycles. The predicted octanol–water partition coefficient (Wildman–Crippen LogP) is 5.05. The molecule has 0 aliphatic rings. The van der Waals surface area contributed by atoms with Gasteiger partial charge in [0.2, 0.25) is 0 Å². The highest BCUT2D eigenvalue weighted by Crippen LogP contribution is 2.24. The third-order valence-electron chi connectivity index (χ3n) is 3.18. The number of carbonyl (C=O) groups is 1. The largest absolute Gasteiger partial charge is 0.514 e. The molecule has 2 aromatic rings. The number of aryl methyl sites for hydroxylation is 1. The molecule has 21 heavy (non-hydrogen) atoms. The van der Waals surface area contributed by atoms with Crippen molar-refractivity contribution < 1.29 is 14.3 Å². The van der Waals surface area contributed by atoms with Gasteiger partial charge in [-0.2, -0.15) is 0 Å². The lowest BCUT2D eigenvalue weighted by Gasteiger charge is -2.17. The maximum atomic E-state index is 11.9. The third-order valence-corrected chi connectivity index (χ3v) is 3.18. The minimum absolute atomic E-state index is 0.271. The van der Waals surface area contributed by atoms with E-state index in [-0.39, 0.29) is 6.10 Å². The van der Waals surface area contributed by atoms with E-state index in [1.807, 2.05) is 49.4 Å². The molecule has 1 unspecified atom stereocenters. The molecule has 0 amide bonds. The van der Waals surface area contributed by atoms with E-state index in [0.29, 0.717) is 5.75 Å². The Morgan fingerprint density at radius 1 is 1.05 bits per heavy atom. The molecule has 3 heteroatoms. The number of carbonyl (C=O) groups excluding carboxylic acids is 1. The van der Waals surface area contributed by atoms with E-state index in [1.54, 1.807) is 12.1 Å². The van der Waals surface area contributed by atoms with Crippen molar-refractivity contribution in [3.63, 3.8) is 0 Å². The van der Waals surface area contributed by atoms with E-state index in [4.69, 9.17) is 9.47 Å². The fourth-order valence-electron chi connectivity index (χ4n) is 2.06. The highest BCUT2D eigenvalue weighted by molar-refractivity contribution is 5.64. The van der Waals surface area contributed by atoms with Crippen LogP contribution in [0.15, 0.2) is 54.6 Å². The van der Waals surface area contributed by atoms with E-state index in [0.717, 1.165) is 18.4 Å². The summed E-state index contributed by atoms with van der Waals surface area (Å²) in [5.41, 5.74) is 2.17. The number of benzene rings is 2. The summed E-state index contributed by atoms with van der Waals surface area (Å²) in [7, 11) is 0. The number of rotatable bonds is 5. The number of hydrogen-bond donors (Lipinski definition) is 0. The van der Waals surface area contributed by atoms with Crippen molar-refractivity contribution in [1.82, 2.24) is 0 Å². The summed E-state index contributed by atoms with van der Waals surface area (Å²) in [5.74, 6) is 0.488. The maximum absolute atomic E-state index is 11.9. The van der Waals surface area contributed by atoms with E-state index >= 15 is 0 Å². The fraction of sp³-hybridized carbons (Fsp3) is 0.278. The zero-order valence-corrected chi connectivity index (χ0v) is 12.4.